The molecule has 1 aromatic heterocycles. The van der Waals surface area contributed by atoms with Gasteiger partial charge in [0, 0.05) is 12.3 Å². The first-order valence-corrected chi connectivity index (χ1v) is 17.7. The van der Waals surface area contributed by atoms with Crippen molar-refractivity contribution >= 4 is 44.9 Å². The maximum atomic E-state index is 14.5. The van der Waals surface area contributed by atoms with Crippen LogP contribution in [0.4, 0.5) is 9.18 Å². The summed E-state index contributed by atoms with van der Waals surface area (Å²) in [4.78, 5) is 63.3. The van der Waals surface area contributed by atoms with Crippen LogP contribution in [-0.2, 0) is 24.4 Å². The summed E-state index contributed by atoms with van der Waals surface area (Å²) in [5.41, 5.74) is -0.893. The molecule has 5 atom stereocenters. The number of fused-ring (bicyclic) bond motifs is 3. The molecule has 0 bridgehead atoms. The van der Waals surface area contributed by atoms with Crippen LogP contribution in [0.2, 0.25) is 0 Å². The molecular weight excluding hydrogens is 647 g/mol. The van der Waals surface area contributed by atoms with Gasteiger partial charge >= 0.3 is 6.09 Å². The van der Waals surface area contributed by atoms with E-state index in [0.717, 1.165) is 6.42 Å². The van der Waals surface area contributed by atoms with E-state index in [9.17, 15) is 37.1 Å². The molecule has 4 aliphatic rings. The molecule has 3 heterocycles. The number of nitrogens with zero attached hydrogens (tertiary/aromatic N) is 3. The number of benzene rings is 1. The van der Waals surface area contributed by atoms with Crippen LogP contribution in [0.1, 0.15) is 70.4 Å². The highest BCUT2D eigenvalue weighted by molar-refractivity contribution is 7.91. The van der Waals surface area contributed by atoms with Crippen molar-refractivity contribution in [2.45, 2.75) is 100 Å². The molecule has 3 fully saturated rings. The fourth-order valence-corrected chi connectivity index (χ4v) is 7.79. The van der Waals surface area contributed by atoms with E-state index in [1.54, 1.807) is 19.9 Å². The Labute approximate surface area is 276 Å². The highest BCUT2D eigenvalue weighted by atomic mass is 32.2. The zero-order valence-corrected chi connectivity index (χ0v) is 27.5. The van der Waals surface area contributed by atoms with Crippen LogP contribution in [0.3, 0.4) is 0 Å². The van der Waals surface area contributed by atoms with Gasteiger partial charge in [0.15, 0.2) is 5.82 Å². The third-order valence-corrected chi connectivity index (χ3v) is 12.0. The summed E-state index contributed by atoms with van der Waals surface area (Å²) in [6, 6.07) is 2.00. The normalized spacial score (nSPS) is 28.7. The maximum absolute atomic E-state index is 14.5. The first-order valence-electron chi connectivity index (χ1n) is 16.2. The lowest BCUT2D eigenvalue weighted by atomic mass is 10.1. The smallest absolute Gasteiger partial charge is 0.405 e. The Hall–Kier alpha value is -4.34. The Kier molecular flexibility index (Phi) is 8.81. The second kappa shape index (κ2) is 12.6. The van der Waals surface area contributed by atoms with Gasteiger partial charge in [-0.3, -0.25) is 19.1 Å². The van der Waals surface area contributed by atoms with Crippen molar-refractivity contribution in [1.29, 1.82) is 0 Å². The molecule has 48 heavy (non-hydrogen) atoms. The molecule has 0 radical (unpaired) electrons. The number of carbonyl (C=O) groups is 4. The van der Waals surface area contributed by atoms with E-state index in [2.05, 4.69) is 25.3 Å². The van der Waals surface area contributed by atoms with Crippen molar-refractivity contribution in [3.05, 3.63) is 41.9 Å². The predicted molar refractivity (Wildman–Crippen MR) is 170 cm³/mol. The molecule has 0 unspecified atom stereocenters. The molecule has 258 valence electrons. The Morgan fingerprint density at radius 2 is 1.94 bits per heavy atom. The summed E-state index contributed by atoms with van der Waals surface area (Å²) in [6.07, 6.45) is 5.23. The minimum absolute atomic E-state index is 0.00966. The third-order valence-electron chi connectivity index (χ3n) is 9.83. The fraction of sp³-hybridized carbons (Fsp3) is 0.562. The second-order valence-electron chi connectivity index (χ2n) is 13.4. The number of allylic oxidation sites excluding steroid dienone is 1. The van der Waals surface area contributed by atoms with E-state index in [1.807, 2.05) is 12.2 Å². The predicted octanol–water partition coefficient (Wildman–Crippen LogP) is 2.46. The van der Waals surface area contributed by atoms with Crippen LogP contribution in [0, 0.1) is 18.7 Å². The Morgan fingerprint density at radius 1 is 1.17 bits per heavy atom. The van der Waals surface area contributed by atoms with Crippen LogP contribution in [-0.4, -0.2) is 87.2 Å². The molecule has 6 rings (SSSR count). The number of hydrogen-bond donors (Lipinski definition) is 4. The van der Waals surface area contributed by atoms with Gasteiger partial charge in [0.1, 0.15) is 34.9 Å². The van der Waals surface area contributed by atoms with E-state index in [0.29, 0.717) is 43.3 Å². The van der Waals surface area contributed by atoms with E-state index >= 15 is 0 Å². The Bertz CT molecular complexity index is 1800. The monoisotopic (exact) mass is 686 g/mol. The van der Waals surface area contributed by atoms with E-state index < -0.39 is 74.0 Å². The lowest BCUT2D eigenvalue weighted by Crippen LogP contribution is -2.58. The number of carbonyl (C=O) groups excluding carboxylic acids is 3. The zero-order chi connectivity index (χ0) is 34.4. The molecule has 16 heteroatoms. The summed E-state index contributed by atoms with van der Waals surface area (Å²) in [6.45, 7) is 3.05. The van der Waals surface area contributed by atoms with Crippen molar-refractivity contribution in [3.63, 3.8) is 0 Å². The Morgan fingerprint density at radius 3 is 2.67 bits per heavy atom. The van der Waals surface area contributed by atoms with Crippen LogP contribution in [0.5, 0.6) is 5.88 Å². The van der Waals surface area contributed by atoms with Crippen molar-refractivity contribution < 1.29 is 41.8 Å². The SMILES string of the molecule is Cc1nc2cccc(F)c2nc1O[C@@H]1C[C@H]2C(=O)N[C@]3(C(=O)NS(=O)(=O)C4(C)CC4)C[C@H]3C=CCCCCC[C@H](NC(=O)O)C(=O)N2C1. The average Bonchev–Trinajstić information content (AvgIpc) is 3.90. The lowest BCUT2D eigenvalue weighted by molar-refractivity contribution is -0.141. The standard InChI is InChI=1S/C32H39FN6O8S/c1-18-27(36-25-21(33)10-8-12-22(25)34-18)47-20-15-24-26(40)37-32(29(42)38-48(45,46)31(2)13-14-31)16-19(32)9-6-4-3-5-7-11-23(35-30(43)44)28(41)39(24)17-20/h6,8-10,12,19-20,23-24,35H,3-5,7,11,13-17H2,1-2H3,(H,37,40)(H,38,42)(H,43,44)/t19-,20-,23+,24+,32-/m1/s1. The number of halogens is 1. The molecule has 2 aromatic rings. The van der Waals surface area contributed by atoms with Gasteiger partial charge in [-0.05, 0) is 64.5 Å². The van der Waals surface area contributed by atoms with E-state index in [1.165, 1.54) is 17.0 Å². The van der Waals surface area contributed by atoms with Gasteiger partial charge < -0.3 is 25.4 Å². The molecule has 1 aromatic carbocycles. The highest BCUT2D eigenvalue weighted by Crippen LogP contribution is 2.47. The number of rotatable bonds is 6. The quantitative estimate of drug-likeness (QED) is 0.328. The average molecular weight is 687 g/mol. The molecule has 2 saturated carbocycles. The summed E-state index contributed by atoms with van der Waals surface area (Å²) < 4.78 is 47.8. The Balaban J connectivity index is 1.31. The number of sulfonamides is 1. The minimum atomic E-state index is -4.00. The van der Waals surface area contributed by atoms with Gasteiger partial charge in [-0.1, -0.05) is 31.1 Å². The van der Waals surface area contributed by atoms with Crippen LogP contribution >= 0.6 is 0 Å². The van der Waals surface area contributed by atoms with E-state index in [-0.39, 0.29) is 37.2 Å². The molecule has 2 aliphatic heterocycles. The van der Waals surface area contributed by atoms with Crippen molar-refractivity contribution in [2.75, 3.05) is 6.54 Å². The van der Waals surface area contributed by atoms with Crippen LogP contribution < -0.4 is 20.1 Å². The van der Waals surface area contributed by atoms with Crippen molar-refractivity contribution in [3.8, 4) is 5.88 Å². The zero-order valence-electron chi connectivity index (χ0n) is 26.7. The molecule has 2 aliphatic carbocycles. The number of ether oxygens (including phenoxy) is 1. The minimum Gasteiger partial charge on any atom is -0.471 e. The van der Waals surface area contributed by atoms with Gasteiger partial charge in [0.25, 0.3) is 5.91 Å². The summed E-state index contributed by atoms with van der Waals surface area (Å²) in [5, 5.41) is 14.6. The molecular formula is C32H39FN6O8S. The number of aryl methyl sites for hydroxylation is 1. The van der Waals surface area contributed by atoms with Crippen molar-refractivity contribution in [2.24, 2.45) is 5.92 Å². The second-order valence-corrected chi connectivity index (χ2v) is 15.6. The van der Waals surface area contributed by atoms with Crippen molar-refractivity contribution in [1.82, 2.24) is 30.2 Å². The molecule has 1 saturated heterocycles. The molecule has 14 nitrogen and oxygen atoms in total. The van der Waals surface area contributed by atoms with Gasteiger partial charge in [-0.2, -0.15) is 0 Å². The number of hydrogen-bond acceptors (Lipinski definition) is 9. The summed E-state index contributed by atoms with van der Waals surface area (Å²) in [5.74, 6) is -3.27. The number of para-hydroxylation sites is 1. The van der Waals surface area contributed by atoms with Gasteiger partial charge in [-0.15, -0.1) is 0 Å². The van der Waals surface area contributed by atoms with E-state index in [4.69, 9.17) is 4.74 Å². The van der Waals surface area contributed by atoms with Crippen LogP contribution in [0.25, 0.3) is 11.0 Å². The molecule has 4 N–H and O–H groups in total. The van der Waals surface area contributed by atoms with Gasteiger partial charge in [-0.25, -0.2) is 27.6 Å². The number of carboxylic acid groups (broad SMARTS) is 1. The number of amides is 4. The lowest BCUT2D eigenvalue weighted by Gasteiger charge is -2.29. The molecule has 4 amide bonds. The third kappa shape index (κ3) is 6.54. The highest BCUT2D eigenvalue weighted by Gasteiger charge is 2.63. The molecule has 0 spiro atoms. The van der Waals surface area contributed by atoms with Gasteiger partial charge in [0.05, 0.1) is 16.8 Å². The first-order chi connectivity index (χ1) is 22.7. The summed E-state index contributed by atoms with van der Waals surface area (Å²) in [7, 11) is -4.00. The van der Waals surface area contributed by atoms with Gasteiger partial charge in [0.2, 0.25) is 27.7 Å². The topological polar surface area (TPSA) is 197 Å². The first kappa shape index (κ1) is 33.6. The fourth-order valence-electron chi connectivity index (χ4n) is 6.48. The largest absolute Gasteiger partial charge is 0.471 e. The van der Waals surface area contributed by atoms with Crippen LogP contribution in [0.15, 0.2) is 30.4 Å². The number of nitrogens with one attached hydrogen (secondary N) is 3. The maximum Gasteiger partial charge on any atom is 0.405 e. The number of aromatic nitrogens is 2. The summed E-state index contributed by atoms with van der Waals surface area (Å²) >= 11 is 0.